The molecule has 0 radical (unpaired) electrons. The number of hydrogen-bond donors (Lipinski definition) is 1. The Labute approximate surface area is 130 Å². The summed E-state index contributed by atoms with van der Waals surface area (Å²) in [5.74, 6) is -0.113. The van der Waals surface area contributed by atoms with Crippen LogP contribution in [0.4, 0.5) is 5.69 Å². The van der Waals surface area contributed by atoms with Gasteiger partial charge in [-0.1, -0.05) is 6.07 Å². The lowest BCUT2D eigenvalue weighted by molar-refractivity contribution is 0.102. The molecule has 1 heterocycles. The van der Waals surface area contributed by atoms with Crippen LogP contribution in [0.2, 0.25) is 0 Å². The highest BCUT2D eigenvalue weighted by Gasteiger charge is 2.08. The maximum Gasteiger partial charge on any atom is 0.255 e. The van der Waals surface area contributed by atoms with Gasteiger partial charge in [0.2, 0.25) is 0 Å². The Morgan fingerprint density at radius 1 is 1.00 bits per heavy atom. The summed E-state index contributed by atoms with van der Waals surface area (Å²) >= 11 is 2.22. The van der Waals surface area contributed by atoms with Gasteiger partial charge in [-0.2, -0.15) is 0 Å². The highest BCUT2D eigenvalue weighted by molar-refractivity contribution is 14.1. The van der Waals surface area contributed by atoms with E-state index in [1.807, 2.05) is 54.6 Å². The van der Waals surface area contributed by atoms with Gasteiger partial charge >= 0.3 is 0 Å². The molecule has 3 rings (SSSR count). The minimum absolute atomic E-state index is 0.113. The normalized spacial score (nSPS) is 10.4. The quantitative estimate of drug-likeness (QED) is 0.687. The van der Waals surface area contributed by atoms with E-state index in [2.05, 4.69) is 32.9 Å². The van der Waals surface area contributed by atoms with E-state index in [-0.39, 0.29) is 5.91 Å². The molecule has 1 N–H and O–H groups in total. The van der Waals surface area contributed by atoms with Crippen molar-refractivity contribution in [1.29, 1.82) is 0 Å². The zero-order valence-corrected chi connectivity index (χ0v) is 12.7. The number of aromatic nitrogens is 1. The van der Waals surface area contributed by atoms with Gasteiger partial charge in [0.05, 0.1) is 11.2 Å². The molecule has 20 heavy (non-hydrogen) atoms. The summed E-state index contributed by atoms with van der Waals surface area (Å²) in [6, 6.07) is 17.0. The number of anilines is 1. The van der Waals surface area contributed by atoms with Crippen molar-refractivity contribution in [3.8, 4) is 0 Å². The molecular formula is C16H11IN2O. The van der Waals surface area contributed by atoms with Gasteiger partial charge in [-0.3, -0.25) is 9.78 Å². The SMILES string of the molecule is O=C(Nc1cccc2ncccc12)c1ccc(I)cc1. The standard InChI is InChI=1S/C16H11IN2O/c17-12-8-6-11(7-9-12)16(20)19-15-5-1-4-14-13(15)3-2-10-18-14/h1-10H,(H,19,20). The molecule has 0 saturated heterocycles. The van der Waals surface area contributed by atoms with Gasteiger partial charge in [-0.15, -0.1) is 0 Å². The van der Waals surface area contributed by atoms with E-state index < -0.39 is 0 Å². The highest BCUT2D eigenvalue weighted by Crippen LogP contribution is 2.22. The Morgan fingerprint density at radius 3 is 2.60 bits per heavy atom. The third kappa shape index (κ3) is 2.65. The van der Waals surface area contributed by atoms with Gasteiger partial charge < -0.3 is 5.32 Å². The fraction of sp³-hybridized carbons (Fsp3) is 0. The molecule has 1 amide bonds. The number of hydrogen-bond acceptors (Lipinski definition) is 2. The molecule has 3 nitrogen and oxygen atoms in total. The van der Waals surface area contributed by atoms with Crippen molar-refractivity contribution >= 4 is 45.1 Å². The van der Waals surface area contributed by atoms with Crippen molar-refractivity contribution in [2.24, 2.45) is 0 Å². The number of halogens is 1. The Bertz CT molecular complexity index is 764. The lowest BCUT2D eigenvalue weighted by Gasteiger charge is -2.08. The number of carbonyl (C=O) groups is 1. The molecular weight excluding hydrogens is 363 g/mol. The van der Waals surface area contributed by atoms with Crippen molar-refractivity contribution in [3.63, 3.8) is 0 Å². The smallest absolute Gasteiger partial charge is 0.255 e. The first-order chi connectivity index (χ1) is 9.74. The van der Waals surface area contributed by atoms with Gasteiger partial charge in [0, 0.05) is 20.7 Å². The molecule has 98 valence electrons. The molecule has 0 saturated carbocycles. The summed E-state index contributed by atoms with van der Waals surface area (Å²) < 4.78 is 1.11. The Kier molecular flexibility index (Phi) is 3.64. The largest absolute Gasteiger partial charge is 0.321 e. The van der Waals surface area contributed by atoms with Crippen LogP contribution in [-0.2, 0) is 0 Å². The predicted molar refractivity (Wildman–Crippen MR) is 88.9 cm³/mol. The van der Waals surface area contributed by atoms with E-state index >= 15 is 0 Å². The molecule has 4 heteroatoms. The summed E-state index contributed by atoms with van der Waals surface area (Å²) in [7, 11) is 0. The first-order valence-corrected chi connectivity index (χ1v) is 7.22. The molecule has 0 aliphatic carbocycles. The maximum atomic E-state index is 12.2. The van der Waals surface area contributed by atoms with Crippen molar-refractivity contribution in [2.75, 3.05) is 5.32 Å². The number of benzene rings is 2. The Hall–Kier alpha value is -1.95. The minimum atomic E-state index is -0.113. The second-order valence-corrected chi connectivity index (χ2v) is 5.58. The topological polar surface area (TPSA) is 42.0 Å². The molecule has 0 unspecified atom stereocenters. The molecule has 0 aliphatic heterocycles. The summed E-state index contributed by atoms with van der Waals surface area (Å²) in [6.07, 6.45) is 1.74. The van der Waals surface area contributed by atoms with Crippen LogP contribution in [-0.4, -0.2) is 10.9 Å². The second-order valence-electron chi connectivity index (χ2n) is 4.34. The van der Waals surface area contributed by atoms with Crippen LogP contribution in [0, 0.1) is 3.57 Å². The summed E-state index contributed by atoms with van der Waals surface area (Å²) in [6.45, 7) is 0. The number of rotatable bonds is 2. The van der Waals surface area contributed by atoms with Crippen LogP contribution < -0.4 is 5.32 Å². The highest BCUT2D eigenvalue weighted by atomic mass is 127. The van der Waals surface area contributed by atoms with E-state index in [4.69, 9.17) is 0 Å². The number of carbonyl (C=O) groups excluding carboxylic acids is 1. The predicted octanol–water partition coefficient (Wildman–Crippen LogP) is 4.09. The monoisotopic (exact) mass is 374 g/mol. The molecule has 1 aromatic heterocycles. The summed E-state index contributed by atoms with van der Waals surface area (Å²) in [5.41, 5.74) is 2.29. The molecule has 3 aromatic rings. The molecule has 0 spiro atoms. The van der Waals surface area contributed by atoms with Gasteiger partial charge in [0.1, 0.15) is 0 Å². The van der Waals surface area contributed by atoms with Gasteiger partial charge in [-0.05, 0) is 71.1 Å². The van der Waals surface area contributed by atoms with Crippen LogP contribution in [0.3, 0.4) is 0 Å². The fourth-order valence-electron chi connectivity index (χ4n) is 2.01. The fourth-order valence-corrected chi connectivity index (χ4v) is 2.37. The second kappa shape index (κ2) is 5.58. The van der Waals surface area contributed by atoms with Crippen molar-refractivity contribution in [2.45, 2.75) is 0 Å². The molecule has 2 aromatic carbocycles. The van der Waals surface area contributed by atoms with E-state index in [1.165, 1.54) is 0 Å². The number of nitrogens with zero attached hydrogens (tertiary/aromatic N) is 1. The average molecular weight is 374 g/mol. The third-order valence-corrected chi connectivity index (χ3v) is 3.72. The molecule has 0 aliphatic rings. The first-order valence-electron chi connectivity index (χ1n) is 6.15. The van der Waals surface area contributed by atoms with E-state index in [1.54, 1.807) is 6.20 Å². The van der Waals surface area contributed by atoms with Gasteiger partial charge in [0.25, 0.3) is 5.91 Å². The summed E-state index contributed by atoms with van der Waals surface area (Å²) in [4.78, 5) is 16.5. The van der Waals surface area contributed by atoms with Crippen LogP contribution >= 0.6 is 22.6 Å². The average Bonchev–Trinajstić information content (AvgIpc) is 2.48. The minimum Gasteiger partial charge on any atom is -0.321 e. The van der Waals surface area contributed by atoms with E-state index in [9.17, 15) is 4.79 Å². The maximum absolute atomic E-state index is 12.2. The van der Waals surface area contributed by atoms with Crippen LogP contribution in [0.25, 0.3) is 10.9 Å². The van der Waals surface area contributed by atoms with Gasteiger partial charge in [-0.25, -0.2) is 0 Å². The lowest BCUT2D eigenvalue weighted by atomic mass is 10.1. The lowest BCUT2D eigenvalue weighted by Crippen LogP contribution is -2.12. The zero-order chi connectivity index (χ0) is 13.9. The number of amides is 1. The van der Waals surface area contributed by atoms with Crippen LogP contribution in [0.5, 0.6) is 0 Å². The van der Waals surface area contributed by atoms with Crippen molar-refractivity contribution in [3.05, 3.63) is 69.9 Å². The van der Waals surface area contributed by atoms with Crippen LogP contribution in [0.15, 0.2) is 60.8 Å². The Balaban J connectivity index is 1.93. The van der Waals surface area contributed by atoms with E-state index in [0.29, 0.717) is 5.56 Å². The van der Waals surface area contributed by atoms with Crippen molar-refractivity contribution < 1.29 is 4.79 Å². The zero-order valence-electron chi connectivity index (χ0n) is 10.5. The number of pyridine rings is 1. The molecule has 0 bridgehead atoms. The first kappa shape index (κ1) is 13.1. The third-order valence-electron chi connectivity index (χ3n) is 3.00. The molecule has 0 fully saturated rings. The number of nitrogens with one attached hydrogen (secondary N) is 1. The van der Waals surface area contributed by atoms with E-state index in [0.717, 1.165) is 20.2 Å². The number of fused-ring (bicyclic) bond motifs is 1. The van der Waals surface area contributed by atoms with Gasteiger partial charge in [0.15, 0.2) is 0 Å². The van der Waals surface area contributed by atoms with Crippen molar-refractivity contribution in [1.82, 2.24) is 4.98 Å². The van der Waals surface area contributed by atoms with Crippen LogP contribution in [0.1, 0.15) is 10.4 Å². The summed E-state index contributed by atoms with van der Waals surface area (Å²) in [5, 5.41) is 3.88. The molecule has 0 atom stereocenters. The Morgan fingerprint density at radius 2 is 1.80 bits per heavy atom.